The van der Waals surface area contributed by atoms with Crippen LogP contribution in [-0.4, -0.2) is 13.1 Å². The molecule has 0 aromatic heterocycles. The normalized spacial score (nSPS) is 33.8. The summed E-state index contributed by atoms with van der Waals surface area (Å²) < 4.78 is 4.76. The van der Waals surface area contributed by atoms with Gasteiger partial charge in [-0.3, -0.25) is 4.79 Å². The van der Waals surface area contributed by atoms with Crippen molar-refractivity contribution in [3.05, 3.63) is 10.6 Å². The van der Waals surface area contributed by atoms with E-state index in [0.717, 1.165) is 12.8 Å². The Morgan fingerprint density at radius 2 is 2.33 bits per heavy atom. The van der Waals surface area contributed by atoms with Gasteiger partial charge in [0.05, 0.1) is 19.1 Å². The molecule has 2 bridgehead atoms. The third-order valence-electron chi connectivity index (χ3n) is 3.46. The van der Waals surface area contributed by atoms with Crippen molar-refractivity contribution in [2.45, 2.75) is 19.3 Å². The van der Waals surface area contributed by atoms with E-state index in [0.29, 0.717) is 17.0 Å². The molecule has 3 nitrogen and oxygen atoms in total. The Morgan fingerprint density at radius 3 is 2.93 bits per heavy atom. The van der Waals surface area contributed by atoms with Crippen LogP contribution in [0.4, 0.5) is 0 Å². The molecule has 3 atom stereocenters. The number of halogens is 1. The zero-order valence-corrected chi connectivity index (χ0v) is 9.25. The van der Waals surface area contributed by atoms with Gasteiger partial charge in [0, 0.05) is 10.6 Å². The Hall–Kier alpha value is -1.01. The first-order valence-corrected chi connectivity index (χ1v) is 5.41. The minimum Gasteiger partial charge on any atom is -0.469 e. The molecule has 2 aliphatic carbocycles. The van der Waals surface area contributed by atoms with E-state index in [2.05, 4.69) is 6.07 Å². The molecule has 0 N–H and O–H groups in total. The summed E-state index contributed by atoms with van der Waals surface area (Å²) in [6, 6.07) is 2.15. The van der Waals surface area contributed by atoms with Crippen molar-refractivity contribution in [1.29, 1.82) is 5.26 Å². The molecular weight excluding hydrogens is 214 g/mol. The van der Waals surface area contributed by atoms with Gasteiger partial charge in [0.2, 0.25) is 0 Å². The fraction of sp³-hybridized carbons (Fsp3) is 0.636. The molecule has 80 valence electrons. The number of methoxy groups -OCH3 is 1. The summed E-state index contributed by atoms with van der Waals surface area (Å²) in [5.41, 5.74) is 0.680. The van der Waals surface area contributed by atoms with Crippen LogP contribution < -0.4 is 0 Å². The van der Waals surface area contributed by atoms with E-state index in [1.807, 2.05) is 0 Å². The molecule has 0 aromatic carbocycles. The molecule has 0 heterocycles. The van der Waals surface area contributed by atoms with Crippen LogP contribution in [0.2, 0.25) is 0 Å². The summed E-state index contributed by atoms with van der Waals surface area (Å²) >= 11 is 6.03. The number of carbonyl (C=O) groups excluding carboxylic acids is 1. The van der Waals surface area contributed by atoms with Crippen molar-refractivity contribution in [2.24, 2.45) is 17.8 Å². The number of allylic oxidation sites excluding steroid dienone is 2. The molecular formula is C11H12ClNO2. The van der Waals surface area contributed by atoms with Crippen LogP contribution in [0.15, 0.2) is 10.6 Å². The highest BCUT2D eigenvalue weighted by Gasteiger charge is 2.44. The standard InChI is InChI=1S/C11H12ClNO2/c1-15-11(14)8-3-6-2-7(8)4-10(12)9(6)5-13/h6-8H,2-4H2,1H3/t6-,7-,8-/m0/s1. The number of nitrogens with zero attached hydrogens (tertiary/aromatic N) is 1. The molecule has 2 rings (SSSR count). The van der Waals surface area contributed by atoms with E-state index in [9.17, 15) is 4.79 Å². The van der Waals surface area contributed by atoms with Crippen molar-refractivity contribution < 1.29 is 9.53 Å². The first-order valence-electron chi connectivity index (χ1n) is 5.03. The molecule has 0 radical (unpaired) electrons. The van der Waals surface area contributed by atoms with Gasteiger partial charge in [-0.1, -0.05) is 11.6 Å². The number of rotatable bonds is 1. The lowest BCUT2D eigenvalue weighted by Gasteiger charge is -2.20. The van der Waals surface area contributed by atoms with Gasteiger partial charge in [-0.15, -0.1) is 0 Å². The van der Waals surface area contributed by atoms with Gasteiger partial charge in [-0.05, 0) is 31.1 Å². The third kappa shape index (κ3) is 1.63. The molecule has 0 unspecified atom stereocenters. The van der Waals surface area contributed by atoms with Gasteiger partial charge in [-0.2, -0.15) is 5.26 Å². The van der Waals surface area contributed by atoms with Crippen LogP contribution in [0.5, 0.6) is 0 Å². The Bertz CT molecular complexity index is 369. The highest BCUT2D eigenvalue weighted by Crippen LogP contribution is 2.49. The summed E-state index contributed by atoms with van der Waals surface area (Å²) in [5.74, 6) is 0.211. The number of ether oxygens (including phenoxy) is 1. The van der Waals surface area contributed by atoms with Crippen molar-refractivity contribution in [3.8, 4) is 6.07 Å². The Balaban J connectivity index is 2.21. The lowest BCUT2D eigenvalue weighted by molar-refractivity contribution is -0.146. The zero-order chi connectivity index (χ0) is 11.0. The summed E-state index contributed by atoms with van der Waals surface area (Å²) in [6.07, 6.45) is 2.27. The SMILES string of the molecule is COC(=O)[C@H]1C[C@@H]2C[C@H]1CC(Cl)=C2C#N. The highest BCUT2D eigenvalue weighted by atomic mass is 35.5. The van der Waals surface area contributed by atoms with Gasteiger partial charge >= 0.3 is 5.97 Å². The van der Waals surface area contributed by atoms with E-state index >= 15 is 0 Å². The molecule has 1 fully saturated rings. The molecule has 0 aliphatic heterocycles. The van der Waals surface area contributed by atoms with E-state index in [1.54, 1.807) is 0 Å². The topological polar surface area (TPSA) is 50.1 Å². The monoisotopic (exact) mass is 225 g/mol. The highest BCUT2D eigenvalue weighted by molar-refractivity contribution is 6.30. The first-order chi connectivity index (χ1) is 7.17. The molecule has 0 saturated heterocycles. The second kappa shape index (κ2) is 3.86. The molecule has 4 heteroatoms. The average Bonchev–Trinajstić information content (AvgIpc) is 2.56. The molecule has 0 amide bonds. The summed E-state index contributed by atoms with van der Waals surface area (Å²) in [5, 5.41) is 9.60. The predicted molar refractivity (Wildman–Crippen MR) is 54.8 cm³/mol. The second-order valence-corrected chi connectivity index (χ2v) is 4.65. The smallest absolute Gasteiger partial charge is 0.308 e. The number of hydrogen-bond acceptors (Lipinski definition) is 3. The molecule has 0 aromatic rings. The largest absolute Gasteiger partial charge is 0.469 e. The lowest BCUT2D eigenvalue weighted by Crippen LogP contribution is -2.20. The minimum atomic E-state index is -0.161. The van der Waals surface area contributed by atoms with E-state index in [4.69, 9.17) is 21.6 Å². The maximum absolute atomic E-state index is 11.5. The van der Waals surface area contributed by atoms with Gasteiger partial charge < -0.3 is 4.74 Å². The van der Waals surface area contributed by atoms with E-state index < -0.39 is 0 Å². The summed E-state index contributed by atoms with van der Waals surface area (Å²) in [6.45, 7) is 0. The zero-order valence-electron chi connectivity index (χ0n) is 8.50. The summed E-state index contributed by atoms with van der Waals surface area (Å²) in [4.78, 5) is 11.5. The van der Waals surface area contributed by atoms with Crippen LogP contribution in [0, 0.1) is 29.1 Å². The van der Waals surface area contributed by atoms with Crippen LogP contribution in [0.3, 0.4) is 0 Å². The predicted octanol–water partition coefficient (Wildman–Crippen LogP) is 2.22. The molecule has 15 heavy (non-hydrogen) atoms. The van der Waals surface area contributed by atoms with Gasteiger partial charge in [0.15, 0.2) is 0 Å². The number of carbonyl (C=O) groups is 1. The van der Waals surface area contributed by atoms with Crippen LogP contribution in [-0.2, 0) is 9.53 Å². The van der Waals surface area contributed by atoms with Crippen LogP contribution >= 0.6 is 11.6 Å². The minimum absolute atomic E-state index is 0.0698. The number of nitriles is 1. The van der Waals surface area contributed by atoms with Crippen molar-refractivity contribution in [1.82, 2.24) is 0 Å². The Labute approximate surface area is 93.7 Å². The van der Waals surface area contributed by atoms with Gasteiger partial charge in [-0.25, -0.2) is 0 Å². The van der Waals surface area contributed by atoms with Gasteiger partial charge in [0.25, 0.3) is 0 Å². The molecule has 0 spiro atoms. The number of hydrogen-bond donors (Lipinski definition) is 0. The Kier molecular flexibility index (Phi) is 2.70. The fourth-order valence-corrected chi connectivity index (χ4v) is 3.13. The van der Waals surface area contributed by atoms with Crippen LogP contribution in [0.1, 0.15) is 19.3 Å². The fourth-order valence-electron chi connectivity index (χ4n) is 2.74. The van der Waals surface area contributed by atoms with Crippen molar-refractivity contribution >= 4 is 17.6 Å². The summed E-state index contributed by atoms with van der Waals surface area (Å²) in [7, 11) is 1.41. The maximum atomic E-state index is 11.5. The third-order valence-corrected chi connectivity index (χ3v) is 3.82. The van der Waals surface area contributed by atoms with Crippen molar-refractivity contribution in [2.75, 3.05) is 7.11 Å². The first kappa shape index (κ1) is 10.5. The average molecular weight is 226 g/mol. The van der Waals surface area contributed by atoms with Crippen molar-refractivity contribution in [3.63, 3.8) is 0 Å². The molecule has 1 saturated carbocycles. The van der Waals surface area contributed by atoms with E-state index in [-0.39, 0.29) is 23.7 Å². The number of fused-ring (bicyclic) bond motifs is 2. The molecule has 2 aliphatic rings. The number of esters is 1. The van der Waals surface area contributed by atoms with Crippen LogP contribution in [0.25, 0.3) is 0 Å². The maximum Gasteiger partial charge on any atom is 0.308 e. The lowest BCUT2D eigenvalue weighted by atomic mass is 9.87. The quantitative estimate of drug-likeness (QED) is 0.643. The van der Waals surface area contributed by atoms with Gasteiger partial charge in [0.1, 0.15) is 0 Å². The second-order valence-electron chi connectivity index (χ2n) is 4.19. The van der Waals surface area contributed by atoms with E-state index in [1.165, 1.54) is 7.11 Å². The Morgan fingerprint density at radius 1 is 1.60 bits per heavy atom.